The molecule has 0 aromatic carbocycles. The van der Waals surface area contributed by atoms with Crippen molar-refractivity contribution in [2.24, 2.45) is 0 Å². The third-order valence-corrected chi connectivity index (χ3v) is 4.01. The summed E-state index contributed by atoms with van der Waals surface area (Å²) < 4.78 is 11.0. The first-order chi connectivity index (χ1) is 11.0. The summed E-state index contributed by atoms with van der Waals surface area (Å²) in [6.45, 7) is 2.66. The highest BCUT2D eigenvalue weighted by Crippen LogP contribution is 2.28. The molecule has 2 unspecified atom stereocenters. The van der Waals surface area contributed by atoms with Crippen LogP contribution in [-0.2, 0) is 9.47 Å². The van der Waals surface area contributed by atoms with Crippen LogP contribution in [0, 0.1) is 0 Å². The van der Waals surface area contributed by atoms with Crippen molar-refractivity contribution in [1.82, 2.24) is 9.88 Å². The van der Waals surface area contributed by atoms with Crippen molar-refractivity contribution in [2.75, 3.05) is 26.4 Å². The van der Waals surface area contributed by atoms with Crippen molar-refractivity contribution in [3.05, 3.63) is 28.0 Å². The lowest BCUT2D eigenvalue weighted by Crippen LogP contribution is -2.51. The van der Waals surface area contributed by atoms with E-state index in [1.54, 1.807) is 12.1 Å². The van der Waals surface area contributed by atoms with Crippen molar-refractivity contribution in [1.29, 1.82) is 0 Å². The molecule has 0 radical (unpaired) electrons. The van der Waals surface area contributed by atoms with Crippen LogP contribution in [0.5, 0.6) is 0 Å². The van der Waals surface area contributed by atoms with Crippen molar-refractivity contribution in [3.63, 3.8) is 0 Å². The molecule has 2 rings (SSSR count). The Hall–Kier alpha value is -1.08. The summed E-state index contributed by atoms with van der Waals surface area (Å²) >= 11 is 11.8. The van der Waals surface area contributed by atoms with Crippen LogP contribution in [-0.4, -0.2) is 53.5 Å². The monoisotopic (exact) mass is 362 g/mol. The largest absolute Gasteiger partial charge is 0.449 e. The molecule has 1 aromatic heterocycles. The molecule has 1 aromatic rings. The molecule has 1 N–H and O–H groups in total. The van der Waals surface area contributed by atoms with Gasteiger partial charge in [-0.05, 0) is 24.1 Å². The first kappa shape index (κ1) is 18.3. The van der Waals surface area contributed by atoms with Crippen LogP contribution in [0.25, 0.3) is 0 Å². The fourth-order valence-corrected chi connectivity index (χ4v) is 2.81. The van der Waals surface area contributed by atoms with Crippen molar-refractivity contribution in [2.45, 2.75) is 31.9 Å². The number of morpholine rings is 1. The molecule has 0 spiro atoms. The van der Waals surface area contributed by atoms with Crippen molar-refractivity contribution < 1.29 is 19.4 Å². The van der Waals surface area contributed by atoms with Gasteiger partial charge in [-0.2, -0.15) is 0 Å². The van der Waals surface area contributed by atoms with Crippen LogP contribution in [0.4, 0.5) is 4.79 Å². The van der Waals surface area contributed by atoms with E-state index in [2.05, 4.69) is 4.98 Å². The number of carbonyl (C=O) groups is 1. The van der Waals surface area contributed by atoms with E-state index < -0.39 is 18.2 Å². The maximum absolute atomic E-state index is 12.2. The number of hydrogen-bond acceptors (Lipinski definition) is 5. The SMILES string of the molecule is CCCCOC(=O)N1CC(c2cc(Cl)nc(Cl)c2)OCC1CO. The molecule has 8 heteroatoms. The fourth-order valence-electron chi connectivity index (χ4n) is 2.33. The van der Waals surface area contributed by atoms with Gasteiger partial charge in [0.25, 0.3) is 0 Å². The standard InChI is InChI=1S/C15H20Cl2N2O4/c1-2-3-4-22-15(21)19-7-12(23-9-11(19)8-20)10-5-13(16)18-14(17)6-10/h5-6,11-12,20H,2-4,7-9H2,1H3. The Morgan fingerprint density at radius 3 is 2.78 bits per heavy atom. The number of aromatic nitrogens is 1. The van der Waals surface area contributed by atoms with E-state index in [-0.39, 0.29) is 30.1 Å². The molecule has 1 aliphatic rings. The molecule has 6 nitrogen and oxygen atoms in total. The number of halogens is 2. The Morgan fingerprint density at radius 1 is 1.48 bits per heavy atom. The van der Waals surface area contributed by atoms with Gasteiger partial charge in [-0.15, -0.1) is 0 Å². The van der Waals surface area contributed by atoms with Gasteiger partial charge in [0.15, 0.2) is 0 Å². The topological polar surface area (TPSA) is 71.9 Å². The molecular formula is C15H20Cl2N2O4. The number of unbranched alkanes of at least 4 members (excludes halogenated alkanes) is 1. The Balaban J connectivity index is 2.09. The summed E-state index contributed by atoms with van der Waals surface area (Å²) in [5.74, 6) is 0. The Labute approximate surface area is 145 Å². The molecular weight excluding hydrogens is 343 g/mol. The van der Waals surface area contributed by atoms with Crippen LogP contribution in [0.1, 0.15) is 31.4 Å². The van der Waals surface area contributed by atoms with E-state index in [0.29, 0.717) is 6.61 Å². The van der Waals surface area contributed by atoms with Crippen molar-refractivity contribution in [3.8, 4) is 0 Å². The van der Waals surface area contributed by atoms with Crippen LogP contribution in [0.3, 0.4) is 0 Å². The van der Waals surface area contributed by atoms with Gasteiger partial charge in [-0.1, -0.05) is 36.5 Å². The summed E-state index contributed by atoms with van der Waals surface area (Å²) in [5, 5.41) is 9.97. The lowest BCUT2D eigenvalue weighted by atomic mass is 10.1. The van der Waals surface area contributed by atoms with E-state index in [9.17, 15) is 9.90 Å². The molecule has 2 atom stereocenters. The average molecular weight is 363 g/mol. The normalized spacial score (nSPS) is 21.3. The molecule has 0 aliphatic carbocycles. The van der Waals surface area contributed by atoms with Gasteiger partial charge in [0.2, 0.25) is 0 Å². The van der Waals surface area contributed by atoms with Gasteiger partial charge >= 0.3 is 6.09 Å². The zero-order chi connectivity index (χ0) is 16.8. The molecule has 1 fully saturated rings. The first-order valence-electron chi connectivity index (χ1n) is 7.54. The minimum Gasteiger partial charge on any atom is -0.449 e. The van der Waals surface area contributed by atoms with E-state index in [0.717, 1.165) is 18.4 Å². The number of pyridine rings is 1. The lowest BCUT2D eigenvalue weighted by Gasteiger charge is -2.38. The Bertz CT molecular complexity index is 524. The number of ether oxygens (including phenoxy) is 2. The van der Waals surface area contributed by atoms with E-state index in [1.807, 2.05) is 6.92 Å². The summed E-state index contributed by atoms with van der Waals surface area (Å²) in [6, 6.07) is 2.88. The number of amides is 1. The number of nitrogens with zero attached hydrogens (tertiary/aromatic N) is 2. The zero-order valence-electron chi connectivity index (χ0n) is 12.9. The zero-order valence-corrected chi connectivity index (χ0v) is 14.4. The predicted octanol–water partition coefficient (Wildman–Crippen LogP) is 3.06. The molecule has 1 aliphatic heterocycles. The van der Waals surface area contributed by atoms with Crippen LogP contribution < -0.4 is 0 Å². The fraction of sp³-hybridized carbons (Fsp3) is 0.600. The lowest BCUT2D eigenvalue weighted by molar-refractivity contribution is -0.0721. The second kappa shape index (κ2) is 8.68. The molecule has 0 saturated carbocycles. The maximum atomic E-state index is 12.2. The summed E-state index contributed by atoms with van der Waals surface area (Å²) in [6.07, 6.45) is 0.904. The average Bonchev–Trinajstić information content (AvgIpc) is 2.53. The Kier molecular flexibility index (Phi) is 6.89. The molecule has 0 bridgehead atoms. The molecule has 128 valence electrons. The predicted molar refractivity (Wildman–Crippen MR) is 86.8 cm³/mol. The van der Waals surface area contributed by atoms with E-state index >= 15 is 0 Å². The van der Waals surface area contributed by atoms with Crippen LogP contribution in [0.15, 0.2) is 12.1 Å². The number of aliphatic hydroxyl groups is 1. The van der Waals surface area contributed by atoms with Crippen LogP contribution >= 0.6 is 23.2 Å². The second-order valence-corrected chi connectivity index (χ2v) is 6.10. The number of aliphatic hydroxyl groups excluding tert-OH is 1. The number of hydrogen-bond donors (Lipinski definition) is 1. The third kappa shape index (κ3) is 4.94. The summed E-state index contributed by atoms with van der Waals surface area (Å²) in [7, 11) is 0. The second-order valence-electron chi connectivity index (χ2n) is 5.32. The maximum Gasteiger partial charge on any atom is 0.410 e. The van der Waals surface area contributed by atoms with Crippen molar-refractivity contribution >= 4 is 29.3 Å². The number of rotatable bonds is 5. The minimum absolute atomic E-state index is 0.187. The highest BCUT2D eigenvalue weighted by Gasteiger charge is 2.34. The number of carbonyl (C=O) groups excluding carboxylic acids is 1. The third-order valence-electron chi connectivity index (χ3n) is 3.62. The van der Waals surface area contributed by atoms with Crippen LogP contribution in [0.2, 0.25) is 10.3 Å². The van der Waals surface area contributed by atoms with Gasteiger partial charge in [-0.25, -0.2) is 9.78 Å². The summed E-state index contributed by atoms with van der Waals surface area (Å²) in [4.78, 5) is 17.6. The smallest absolute Gasteiger partial charge is 0.410 e. The molecule has 1 saturated heterocycles. The Morgan fingerprint density at radius 2 is 2.17 bits per heavy atom. The van der Waals surface area contributed by atoms with Gasteiger partial charge in [0, 0.05) is 0 Å². The minimum atomic E-state index is -0.447. The van der Waals surface area contributed by atoms with Gasteiger partial charge in [-0.3, -0.25) is 4.90 Å². The van der Waals surface area contributed by atoms with Gasteiger partial charge in [0.05, 0.1) is 32.4 Å². The first-order valence-corrected chi connectivity index (χ1v) is 8.29. The quantitative estimate of drug-likeness (QED) is 0.643. The van der Waals surface area contributed by atoms with Gasteiger partial charge < -0.3 is 14.6 Å². The van der Waals surface area contributed by atoms with E-state index in [1.165, 1.54) is 4.90 Å². The van der Waals surface area contributed by atoms with Gasteiger partial charge in [0.1, 0.15) is 16.4 Å². The highest BCUT2D eigenvalue weighted by atomic mass is 35.5. The molecule has 23 heavy (non-hydrogen) atoms. The molecule has 1 amide bonds. The molecule has 2 heterocycles. The highest BCUT2D eigenvalue weighted by molar-refractivity contribution is 6.32. The van der Waals surface area contributed by atoms with E-state index in [4.69, 9.17) is 32.7 Å². The summed E-state index contributed by atoms with van der Waals surface area (Å²) in [5.41, 5.74) is 0.734.